The highest BCUT2D eigenvalue weighted by Crippen LogP contribution is 2.43. The van der Waals surface area contributed by atoms with Crippen LogP contribution < -0.4 is 14.2 Å². The third-order valence-corrected chi connectivity index (χ3v) is 8.92. The van der Waals surface area contributed by atoms with Gasteiger partial charge in [-0.15, -0.1) is 0 Å². The van der Waals surface area contributed by atoms with Crippen molar-refractivity contribution < 1.29 is 28.8 Å². The van der Waals surface area contributed by atoms with E-state index in [2.05, 4.69) is 55.4 Å². The summed E-state index contributed by atoms with van der Waals surface area (Å²) in [5.74, 6) is 1.32. The van der Waals surface area contributed by atoms with Crippen molar-refractivity contribution >= 4 is 11.7 Å². The number of rotatable bonds is 12. The standard InChI is InChI=1S/C36H54N2O6/c1-12-36(13-2,43-11)31-15-14-20-38(31)37-29(23-30(39)24-16-18-25(41-9)19-17-24)33(40)44-32-27(34(3,4)5)21-26(42-10)22-28(32)35(6,7)8/h16-19,21-22,30-31,39H,12-15,20,23H2,1-11H3/b37-29+/t30-,31-/m0/s1. The molecule has 2 aromatic carbocycles. The van der Waals surface area contributed by atoms with Crippen molar-refractivity contribution in [3.05, 3.63) is 53.1 Å². The van der Waals surface area contributed by atoms with E-state index in [0.717, 1.165) is 36.8 Å². The molecule has 2 atom stereocenters. The van der Waals surface area contributed by atoms with Crippen LogP contribution in [0.3, 0.4) is 0 Å². The summed E-state index contributed by atoms with van der Waals surface area (Å²) in [5, 5.41) is 18.3. The number of methoxy groups -OCH3 is 3. The Balaban J connectivity index is 2.13. The molecule has 0 aromatic heterocycles. The fourth-order valence-corrected chi connectivity index (χ4v) is 6.09. The van der Waals surface area contributed by atoms with Gasteiger partial charge >= 0.3 is 5.97 Å². The van der Waals surface area contributed by atoms with E-state index in [9.17, 15) is 9.90 Å². The first-order valence-electron chi connectivity index (χ1n) is 15.8. The number of hydrogen-bond acceptors (Lipinski definition) is 8. The zero-order valence-electron chi connectivity index (χ0n) is 28.7. The van der Waals surface area contributed by atoms with E-state index in [1.807, 2.05) is 17.1 Å². The third kappa shape index (κ3) is 7.94. The van der Waals surface area contributed by atoms with Gasteiger partial charge in [-0.1, -0.05) is 67.5 Å². The van der Waals surface area contributed by atoms with Crippen LogP contribution in [0.15, 0.2) is 41.5 Å². The van der Waals surface area contributed by atoms with Crippen LogP contribution in [0.2, 0.25) is 0 Å². The number of hydrazone groups is 1. The molecule has 1 fully saturated rings. The fraction of sp³-hybridized carbons (Fsp3) is 0.611. The Bertz CT molecular complexity index is 1240. The summed E-state index contributed by atoms with van der Waals surface area (Å²) in [6.45, 7) is 17.5. The molecule has 8 heteroatoms. The second-order valence-electron chi connectivity index (χ2n) is 13.8. The average molecular weight is 611 g/mol. The molecule has 1 N–H and O–H groups in total. The number of esters is 1. The summed E-state index contributed by atoms with van der Waals surface area (Å²) < 4.78 is 23.4. The lowest BCUT2D eigenvalue weighted by atomic mass is 9.79. The first-order valence-corrected chi connectivity index (χ1v) is 15.8. The predicted octanol–water partition coefficient (Wildman–Crippen LogP) is 7.35. The lowest BCUT2D eigenvalue weighted by Crippen LogP contribution is -2.49. The van der Waals surface area contributed by atoms with Crippen molar-refractivity contribution in [1.29, 1.82) is 0 Å². The maximum Gasteiger partial charge on any atom is 0.360 e. The molecule has 8 nitrogen and oxygen atoms in total. The second kappa shape index (κ2) is 14.3. The van der Waals surface area contributed by atoms with Gasteiger partial charge in [-0.3, -0.25) is 5.01 Å². The van der Waals surface area contributed by atoms with Gasteiger partial charge in [0.15, 0.2) is 0 Å². The normalized spacial score (nSPS) is 17.0. The molecule has 44 heavy (non-hydrogen) atoms. The van der Waals surface area contributed by atoms with Crippen LogP contribution in [0.5, 0.6) is 17.2 Å². The van der Waals surface area contributed by atoms with Gasteiger partial charge in [0.05, 0.1) is 32.0 Å². The van der Waals surface area contributed by atoms with Crippen LogP contribution in [-0.2, 0) is 20.4 Å². The summed E-state index contributed by atoms with van der Waals surface area (Å²) in [7, 11) is 4.99. The second-order valence-corrected chi connectivity index (χ2v) is 13.8. The Morgan fingerprint density at radius 2 is 1.48 bits per heavy atom. The number of aliphatic hydroxyl groups is 1. The van der Waals surface area contributed by atoms with E-state index < -0.39 is 17.7 Å². The molecule has 0 aliphatic carbocycles. The predicted molar refractivity (Wildman–Crippen MR) is 176 cm³/mol. The minimum absolute atomic E-state index is 0.000289. The van der Waals surface area contributed by atoms with Crippen LogP contribution in [0.1, 0.15) is 110 Å². The van der Waals surface area contributed by atoms with Gasteiger partial charge in [0.1, 0.15) is 23.0 Å². The van der Waals surface area contributed by atoms with Crippen LogP contribution in [0.25, 0.3) is 0 Å². The minimum Gasteiger partial charge on any atom is -0.497 e. The van der Waals surface area contributed by atoms with Gasteiger partial charge in [-0.25, -0.2) is 4.79 Å². The number of hydrogen-bond donors (Lipinski definition) is 1. The molecule has 2 aromatic rings. The van der Waals surface area contributed by atoms with E-state index >= 15 is 0 Å². The highest BCUT2D eigenvalue weighted by molar-refractivity contribution is 6.37. The molecule has 1 heterocycles. The summed E-state index contributed by atoms with van der Waals surface area (Å²) in [6, 6.07) is 11.1. The van der Waals surface area contributed by atoms with Crippen LogP contribution >= 0.6 is 0 Å². The minimum atomic E-state index is -0.974. The molecular formula is C36H54N2O6. The number of benzene rings is 2. The molecule has 3 rings (SSSR count). The largest absolute Gasteiger partial charge is 0.497 e. The molecule has 1 aliphatic rings. The lowest BCUT2D eigenvalue weighted by Gasteiger charge is -2.40. The Morgan fingerprint density at radius 1 is 0.932 bits per heavy atom. The van der Waals surface area contributed by atoms with Crippen molar-refractivity contribution in [1.82, 2.24) is 5.01 Å². The SMILES string of the molecule is CCC(CC)(OC)[C@@H]1CCCN1/N=C(\C[C@H](O)c1ccc(OC)cc1)C(=O)Oc1c(C(C)(C)C)cc(OC)cc1C(C)(C)C. The highest BCUT2D eigenvalue weighted by atomic mass is 16.5. The molecule has 0 spiro atoms. The van der Waals surface area contributed by atoms with Crippen molar-refractivity contribution in [3.8, 4) is 17.2 Å². The summed E-state index contributed by atoms with van der Waals surface area (Å²) >= 11 is 0. The molecular weight excluding hydrogens is 556 g/mol. The maximum atomic E-state index is 14.3. The van der Waals surface area contributed by atoms with Crippen molar-refractivity contribution in [2.24, 2.45) is 5.10 Å². The first kappa shape index (κ1) is 35.4. The molecule has 1 saturated heterocycles. The molecule has 0 bridgehead atoms. The van der Waals surface area contributed by atoms with E-state index in [1.54, 1.807) is 45.6 Å². The maximum absolute atomic E-state index is 14.3. The smallest absolute Gasteiger partial charge is 0.360 e. The van der Waals surface area contributed by atoms with Crippen molar-refractivity contribution in [2.45, 2.75) is 116 Å². The van der Waals surface area contributed by atoms with E-state index in [0.29, 0.717) is 29.4 Å². The summed E-state index contributed by atoms with van der Waals surface area (Å²) in [4.78, 5) is 14.3. The highest BCUT2D eigenvalue weighted by Gasteiger charge is 2.42. The van der Waals surface area contributed by atoms with Gasteiger partial charge in [0.25, 0.3) is 0 Å². The van der Waals surface area contributed by atoms with E-state index in [-0.39, 0.29) is 29.0 Å². The van der Waals surface area contributed by atoms with E-state index in [4.69, 9.17) is 24.0 Å². The molecule has 0 amide bonds. The molecule has 1 aliphatic heterocycles. The Morgan fingerprint density at radius 3 is 1.93 bits per heavy atom. The zero-order valence-corrected chi connectivity index (χ0v) is 28.7. The summed E-state index contributed by atoms with van der Waals surface area (Å²) in [6.07, 6.45) is 2.49. The molecule has 0 saturated carbocycles. The first-order chi connectivity index (χ1) is 20.6. The molecule has 244 valence electrons. The van der Waals surface area contributed by atoms with Gasteiger partial charge in [0, 0.05) is 31.2 Å². The van der Waals surface area contributed by atoms with Gasteiger partial charge < -0.3 is 24.1 Å². The zero-order chi connectivity index (χ0) is 32.9. The Hall–Kier alpha value is -3.10. The third-order valence-electron chi connectivity index (χ3n) is 8.92. The van der Waals surface area contributed by atoms with Gasteiger partial charge in [-0.05, 0) is 66.3 Å². The fourth-order valence-electron chi connectivity index (χ4n) is 6.09. The van der Waals surface area contributed by atoms with E-state index in [1.165, 1.54) is 0 Å². The van der Waals surface area contributed by atoms with Crippen LogP contribution in [0.4, 0.5) is 0 Å². The van der Waals surface area contributed by atoms with Crippen LogP contribution in [0, 0.1) is 0 Å². The summed E-state index contributed by atoms with van der Waals surface area (Å²) in [5.41, 5.74) is 1.47. The van der Waals surface area contributed by atoms with Crippen molar-refractivity contribution in [2.75, 3.05) is 27.9 Å². The van der Waals surface area contributed by atoms with Gasteiger partial charge in [-0.2, -0.15) is 5.10 Å². The number of aliphatic hydroxyl groups excluding tert-OH is 1. The van der Waals surface area contributed by atoms with Gasteiger partial charge in [0.2, 0.25) is 0 Å². The average Bonchev–Trinajstić information content (AvgIpc) is 3.45. The quantitative estimate of drug-likeness (QED) is 0.153. The number of carbonyl (C=O) groups is 1. The van der Waals surface area contributed by atoms with Crippen LogP contribution in [-0.4, -0.2) is 61.3 Å². The number of ether oxygens (including phenoxy) is 4. The topological polar surface area (TPSA) is 89.8 Å². The molecule has 0 radical (unpaired) electrons. The lowest BCUT2D eigenvalue weighted by molar-refractivity contribution is -0.127. The number of carbonyl (C=O) groups excluding carboxylic acids is 1. The number of nitrogens with zero attached hydrogens (tertiary/aromatic N) is 2. The monoisotopic (exact) mass is 610 g/mol. The Kier molecular flexibility index (Phi) is 11.5. The van der Waals surface area contributed by atoms with Crippen molar-refractivity contribution in [3.63, 3.8) is 0 Å². The molecule has 0 unspecified atom stereocenters. The Labute approximate surface area is 264 Å².